The number of hydrogen-bond acceptors (Lipinski definition) is 2. The third-order valence-electron chi connectivity index (χ3n) is 4.44. The Labute approximate surface area is 126 Å². The van der Waals surface area contributed by atoms with Crippen LogP contribution in [0.3, 0.4) is 0 Å². The number of aliphatic carboxylic acids is 1. The van der Waals surface area contributed by atoms with Crippen LogP contribution in [-0.2, 0) is 4.79 Å². The minimum absolute atomic E-state index is 0.0263. The number of hydrogen-bond donors (Lipinski definition) is 1. The predicted octanol–water partition coefficient (Wildman–Crippen LogP) is 3.17. The molecule has 0 heterocycles. The number of carboxylic acids is 1. The van der Waals surface area contributed by atoms with E-state index in [2.05, 4.69) is 6.92 Å². The number of nitrogens with zero attached hydrogens (tertiary/aromatic N) is 1. The first kappa shape index (κ1) is 17.2. The largest absolute Gasteiger partial charge is 0.481 e. The topological polar surface area (TPSA) is 57.6 Å². The lowest BCUT2D eigenvalue weighted by Gasteiger charge is -2.23. The molecular weight excluding hydrogens is 266 g/mol. The van der Waals surface area contributed by atoms with Gasteiger partial charge in [0.05, 0.1) is 0 Å². The molecule has 1 amide bonds. The fraction of sp³-hybridized carbons (Fsp3) is 0.529. The van der Waals surface area contributed by atoms with Gasteiger partial charge in [0.15, 0.2) is 0 Å². The Morgan fingerprint density at radius 1 is 0.905 bits per heavy atom. The van der Waals surface area contributed by atoms with Gasteiger partial charge in [-0.2, -0.15) is 0 Å². The maximum Gasteiger partial charge on any atom is 0.303 e. The predicted molar refractivity (Wildman–Crippen MR) is 84.0 cm³/mol. The van der Waals surface area contributed by atoms with E-state index in [-0.39, 0.29) is 12.3 Å². The van der Waals surface area contributed by atoms with Gasteiger partial charge in [-0.25, -0.2) is 0 Å². The lowest BCUT2D eigenvalue weighted by Crippen LogP contribution is -2.30. The van der Waals surface area contributed by atoms with Crippen LogP contribution >= 0.6 is 0 Å². The van der Waals surface area contributed by atoms with Gasteiger partial charge < -0.3 is 10.0 Å². The highest BCUT2D eigenvalue weighted by Crippen LogP contribution is 2.26. The average Bonchev–Trinajstić information content (AvgIpc) is 2.42. The van der Waals surface area contributed by atoms with Gasteiger partial charge in [-0.15, -0.1) is 0 Å². The zero-order valence-corrected chi connectivity index (χ0v) is 13.8. The fourth-order valence-corrected chi connectivity index (χ4v) is 2.58. The highest BCUT2D eigenvalue weighted by atomic mass is 16.4. The van der Waals surface area contributed by atoms with Crippen molar-refractivity contribution < 1.29 is 14.7 Å². The molecule has 1 aromatic rings. The minimum Gasteiger partial charge on any atom is -0.481 e. The first-order valence-electron chi connectivity index (χ1n) is 7.22. The smallest absolute Gasteiger partial charge is 0.303 e. The molecule has 4 heteroatoms. The molecule has 1 aromatic carbocycles. The van der Waals surface area contributed by atoms with Gasteiger partial charge in [-0.05, 0) is 68.9 Å². The summed E-state index contributed by atoms with van der Waals surface area (Å²) >= 11 is 0. The van der Waals surface area contributed by atoms with E-state index >= 15 is 0 Å². The summed E-state index contributed by atoms with van der Waals surface area (Å²) in [6, 6.07) is 0. The van der Waals surface area contributed by atoms with E-state index in [1.165, 1.54) is 5.56 Å². The SMILES string of the molecule is Cc1c(C)c(C)c(C(=O)N(C)CCCC(=O)O)c(C)c1C. The number of amides is 1. The van der Waals surface area contributed by atoms with Crippen molar-refractivity contribution in [3.63, 3.8) is 0 Å². The maximum absolute atomic E-state index is 12.7. The van der Waals surface area contributed by atoms with E-state index in [4.69, 9.17) is 5.11 Å². The number of rotatable bonds is 5. The molecule has 0 aromatic heterocycles. The molecule has 0 radical (unpaired) electrons. The van der Waals surface area contributed by atoms with Gasteiger partial charge in [0, 0.05) is 25.6 Å². The van der Waals surface area contributed by atoms with E-state index in [1.54, 1.807) is 11.9 Å². The number of benzene rings is 1. The van der Waals surface area contributed by atoms with Crippen LogP contribution in [0, 0.1) is 34.6 Å². The highest BCUT2D eigenvalue weighted by Gasteiger charge is 2.20. The molecule has 0 aliphatic carbocycles. The van der Waals surface area contributed by atoms with Crippen molar-refractivity contribution in [3.8, 4) is 0 Å². The summed E-state index contributed by atoms with van der Waals surface area (Å²) in [6.45, 7) is 10.6. The third-order valence-corrected chi connectivity index (χ3v) is 4.44. The normalized spacial score (nSPS) is 10.6. The number of carbonyl (C=O) groups is 2. The van der Waals surface area contributed by atoms with Gasteiger partial charge in [-0.3, -0.25) is 9.59 Å². The summed E-state index contributed by atoms with van der Waals surface area (Å²) in [6.07, 6.45) is 0.557. The van der Waals surface area contributed by atoms with Crippen LogP contribution in [0.5, 0.6) is 0 Å². The first-order chi connectivity index (χ1) is 9.68. The Bertz CT molecular complexity index is 547. The Morgan fingerprint density at radius 2 is 1.33 bits per heavy atom. The van der Waals surface area contributed by atoms with E-state index in [1.807, 2.05) is 27.7 Å². The number of carboxylic acid groups (broad SMARTS) is 1. The highest BCUT2D eigenvalue weighted by molar-refractivity contribution is 5.97. The van der Waals surface area contributed by atoms with Crippen LogP contribution in [0.4, 0.5) is 0 Å². The van der Waals surface area contributed by atoms with Crippen molar-refractivity contribution in [2.75, 3.05) is 13.6 Å². The van der Waals surface area contributed by atoms with Crippen molar-refractivity contribution in [1.29, 1.82) is 0 Å². The van der Waals surface area contributed by atoms with Gasteiger partial charge in [0.25, 0.3) is 5.91 Å². The van der Waals surface area contributed by atoms with Gasteiger partial charge >= 0.3 is 5.97 Å². The zero-order valence-electron chi connectivity index (χ0n) is 13.8. The Kier molecular flexibility index (Phi) is 5.53. The van der Waals surface area contributed by atoms with Crippen LogP contribution in [0.2, 0.25) is 0 Å². The van der Waals surface area contributed by atoms with E-state index in [0.717, 1.165) is 27.8 Å². The van der Waals surface area contributed by atoms with E-state index in [9.17, 15) is 9.59 Å². The van der Waals surface area contributed by atoms with Crippen LogP contribution in [0.15, 0.2) is 0 Å². The van der Waals surface area contributed by atoms with Crippen molar-refractivity contribution in [3.05, 3.63) is 33.4 Å². The molecule has 0 fully saturated rings. The van der Waals surface area contributed by atoms with Crippen molar-refractivity contribution in [1.82, 2.24) is 4.90 Å². The van der Waals surface area contributed by atoms with E-state index in [0.29, 0.717) is 13.0 Å². The molecule has 1 rings (SSSR count). The summed E-state index contributed by atoms with van der Waals surface area (Å²) in [7, 11) is 1.73. The maximum atomic E-state index is 12.7. The first-order valence-corrected chi connectivity index (χ1v) is 7.22. The van der Waals surface area contributed by atoms with Crippen molar-refractivity contribution >= 4 is 11.9 Å². The molecule has 0 aliphatic heterocycles. The second-order valence-corrected chi connectivity index (χ2v) is 5.72. The van der Waals surface area contributed by atoms with Crippen LogP contribution < -0.4 is 0 Å². The van der Waals surface area contributed by atoms with Crippen molar-refractivity contribution in [2.45, 2.75) is 47.5 Å². The molecule has 21 heavy (non-hydrogen) atoms. The van der Waals surface area contributed by atoms with Crippen LogP contribution in [0.1, 0.15) is 51.0 Å². The average molecular weight is 291 g/mol. The molecule has 116 valence electrons. The summed E-state index contributed by atoms with van der Waals surface area (Å²) in [5.41, 5.74) is 6.33. The molecule has 4 nitrogen and oxygen atoms in total. The Morgan fingerprint density at radius 3 is 1.76 bits per heavy atom. The Balaban J connectivity index is 3.05. The third kappa shape index (κ3) is 3.63. The second kappa shape index (κ2) is 6.74. The molecule has 0 unspecified atom stereocenters. The molecule has 0 saturated carbocycles. The molecule has 0 bridgehead atoms. The summed E-state index contributed by atoms with van der Waals surface area (Å²) in [5, 5.41) is 8.67. The van der Waals surface area contributed by atoms with Gasteiger partial charge in [0.1, 0.15) is 0 Å². The van der Waals surface area contributed by atoms with Crippen LogP contribution in [0.25, 0.3) is 0 Å². The van der Waals surface area contributed by atoms with Gasteiger partial charge in [-0.1, -0.05) is 0 Å². The molecule has 0 spiro atoms. The minimum atomic E-state index is -0.828. The van der Waals surface area contributed by atoms with Crippen LogP contribution in [-0.4, -0.2) is 35.5 Å². The zero-order chi connectivity index (χ0) is 16.3. The summed E-state index contributed by atoms with van der Waals surface area (Å²) in [4.78, 5) is 24.8. The standard InChI is InChI=1S/C17H25NO3/c1-10-11(2)13(4)16(14(5)12(10)3)17(21)18(6)9-7-8-15(19)20/h7-9H2,1-6H3,(H,19,20). The molecule has 0 saturated heterocycles. The second-order valence-electron chi connectivity index (χ2n) is 5.72. The summed E-state index contributed by atoms with van der Waals surface area (Å²) < 4.78 is 0. The lowest BCUT2D eigenvalue weighted by atomic mass is 9.89. The monoisotopic (exact) mass is 291 g/mol. The van der Waals surface area contributed by atoms with E-state index < -0.39 is 5.97 Å². The Hall–Kier alpha value is -1.84. The lowest BCUT2D eigenvalue weighted by molar-refractivity contribution is -0.137. The quantitative estimate of drug-likeness (QED) is 0.906. The molecule has 1 N–H and O–H groups in total. The molecular formula is C17H25NO3. The number of carbonyl (C=O) groups excluding carboxylic acids is 1. The fourth-order valence-electron chi connectivity index (χ4n) is 2.58. The molecule has 0 atom stereocenters. The van der Waals surface area contributed by atoms with Crippen molar-refractivity contribution in [2.24, 2.45) is 0 Å². The van der Waals surface area contributed by atoms with Gasteiger partial charge in [0.2, 0.25) is 0 Å². The molecule has 0 aliphatic rings. The summed E-state index contributed by atoms with van der Waals surface area (Å²) in [5.74, 6) is -0.855.